The van der Waals surface area contributed by atoms with Gasteiger partial charge in [-0.25, -0.2) is 13.6 Å². The molecule has 0 aliphatic rings. The van der Waals surface area contributed by atoms with E-state index in [4.69, 9.17) is 21.2 Å². The zero-order valence-electron chi connectivity index (χ0n) is 13.2. The number of fused-ring (bicyclic) bond motifs is 1. The Labute approximate surface area is 149 Å². The number of carbonyl (C=O) groups excluding carboxylic acids is 1. The highest BCUT2D eigenvalue weighted by atomic mass is 35.5. The van der Waals surface area contributed by atoms with E-state index in [9.17, 15) is 13.2 Å². The van der Waals surface area contributed by atoms with Crippen molar-refractivity contribution in [1.82, 2.24) is 5.32 Å². The average Bonchev–Trinajstić information content (AvgIpc) is 2.97. The van der Waals surface area contributed by atoms with Crippen LogP contribution < -0.4 is 10.5 Å². The molecule has 1 atom stereocenters. The predicted octanol–water partition coefficient (Wildman–Crippen LogP) is 3.22. The highest BCUT2D eigenvalue weighted by molar-refractivity contribution is 7.89. The fourth-order valence-corrected chi connectivity index (χ4v) is 3.12. The van der Waals surface area contributed by atoms with Gasteiger partial charge < -0.3 is 9.73 Å². The second kappa shape index (κ2) is 6.51. The van der Waals surface area contributed by atoms with Gasteiger partial charge in [0.1, 0.15) is 5.58 Å². The average molecular weight is 379 g/mol. The summed E-state index contributed by atoms with van der Waals surface area (Å²) < 4.78 is 28.1. The minimum absolute atomic E-state index is 0.0175. The first-order valence-electron chi connectivity index (χ1n) is 7.37. The molecule has 0 saturated carbocycles. The number of halogens is 1. The molecule has 8 heteroatoms. The zero-order chi connectivity index (χ0) is 18.2. The minimum Gasteiger partial charge on any atom is -0.451 e. The SMILES string of the molecule is CC(NC(=O)c1cc2cc(Cl)ccc2o1)c1ccc(S(N)(=O)=O)cc1. The van der Waals surface area contributed by atoms with Crippen molar-refractivity contribution in [2.24, 2.45) is 5.14 Å². The lowest BCUT2D eigenvalue weighted by Crippen LogP contribution is -2.26. The topological polar surface area (TPSA) is 102 Å². The molecule has 1 heterocycles. The molecule has 6 nitrogen and oxygen atoms in total. The summed E-state index contributed by atoms with van der Waals surface area (Å²) in [5.74, 6) is -0.208. The maximum absolute atomic E-state index is 12.4. The second-order valence-electron chi connectivity index (χ2n) is 5.60. The van der Waals surface area contributed by atoms with Crippen LogP contribution >= 0.6 is 11.6 Å². The summed E-state index contributed by atoms with van der Waals surface area (Å²) >= 11 is 5.92. The molecule has 25 heavy (non-hydrogen) atoms. The number of sulfonamides is 1. The molecule has 1 amide bonds. The molecule has 0 radical (unpaired) electrons. The van der Waals surface area contributed by atoms with Crippen molar-refractivity contribution >= 4 is 38.5 Å². The van der Waals surface area contributed by atoms with Crippen LogP contribution in [0, 0.1) is 0 Å². The number of nitrogens with two attached hydrogens (primary N) is 1. The Kier molecular flexibility index (Phi) is 4.55. The van der Waals surface area contributed by atoms with Gasteiger partial charge in [0.25, 0.3) is 5.91 Å². The van der Waals surface area contributed by atoms with Gasteiger partial charge in [0.2, 0.25) is 10.0 Å². The number of primary sulfonamides is 1. The molecule has 2 aromatic carbocycles. The monoisotopic (exact) mass is 378 g/mol. The van der Waals surface area contributed by atoms with E-state index in [0.29, 0.717) is 10.6 Å². The molecule has 0 spiro atoms. The Morgan fingerprint density at radius 3 is 2.48 bits per heavy atom. The van der Waals surface area contributed by atoms with Crippen molar-refractivity contribution in [3.8, 4) is 0 Å². The van der Waals surface area contributed by atoms with Gasteiger partial charge in [0.15, 0.2) is 5.76 Å². The molecule has 0 aliphatic heterocycles. The number of rotatable bonds is 4. The summed E-state index contributed by atoms with van der Waals surface area (Å²) in [6.07, 6.45) is 0. The lowest BCUT2D eigenvalue weighted by atomic mass is 10.1. The van der Waals surface area contributed by atoms with Gasteiger partial charge in [-0.15, -0.1) is 0 Å². The Bertz CT molecular complexity index is 1040. The first-order chi connectivity index (χ1) is 11.7. The number of carbonyl (C=O) groups is 1. The summed E-state index contributed by atoms with van der Waals surface area (Å²) in [6.45, 7) is 1.78. The van der Waals surface area contributed by atoms with Crippen LogP contribution in [0.15, 0.2) is 57.8 Å². The van der Waals surface area contributed by atoms with Gasteiger partial charge in [-0.05, 0) is 48.9 Å². The second-order valence-corrected chi connectivity index (χ2v) is 7.60. The predicted molar refractivity (Wildman–Crippen MR) is 94.9 cm³/mol. The van der Waals surface area contributed by atoms with E-state index in [1.165, 1.54) is 12.1 Å². The molecule has 0 saturated heterocycles. The van der Waals surface area contributed by atoms with Gasteiger partial charge in [-0.1, -0.05) is 23.7 Å². The van der Waals surface area contributed by atoms with E-state index in [2.05, 4.69) is 5.32 Å². The Morgan fingerprint density at radius 2 is 1.84 bits per heavy atom. The van der Waals surface area contributed by atoms with Crippen molar-refractivity contribution in [2.45, 2.75) is 17.9 Å². The van der Waals surface area contributed by atoms with Crippen LogP contribution in [0.5, 0.6) is 0 Å². The van der Waals surface area contributed by atoms with E-state index in [1.54, 1.807) is 43.3 Å². The summed E-state index contributed by atoms with van der Waals surface area (Å²) in [4.78, 5) is 12.4. The Balaban J connectivity index is 1.77. The van der Waals surface area contributed by atoms with Crippen molar-refractivity contribution in [3.05, 3.63) is 64.9 Å². The molecule has 1 unspecified atom stereocenters. The molecule has 3 N–H and O–H groups in total. The summed E-state index contributed by atoms with van der Waals surface area (Å²) in [6, 6.07) is 12.4. The van der Waals surface area contributed by atoms with Crippen molar-refractivity contribution in [3.63, 3.8) is 0 Å². The highest BCUT2D eigenvalue weighted by Crippen LogP contribution is 2.24. The molecule has 3 aromatic rings. The fourth-order valence-electron chi connectivity index (χ4n) is 2.42. The van der Waals surface area contributed by atoms with Gasteiger partial charge >= 0.3 is 0 Å². The van der Waals surface area contributed by atoms with Crippen molar-refractivity contribution in [1.29, 1.82) is 0 Å². The van der Waals surface area contributed by atoms with Gasteiger partial charge in [-0.3, -0.25) is 4.79 Å². The third kappa shape index (κ3) is 3.84. The smallest absolute Gasteiger partial charge is 0.287 e. The molecular weight excluding hydrogens is 364 g/mol. The van der Waals surface area contributed by atoms with Crippen molar-refractivity contribution in [2.75, 3.05) is 0 Å². The molecule has 0 aliphatic carbocycles. The van der Waals surface area contributed by atoms with E-state index in [1.807, 2.05) is 0 Å². The molecule has 1 aromatic heterocycles. The van der Waals surface area contributed by atoms with Gasteiger partial charge in [0, 0.05) is 10.4 Å². The normalized spacial score (nSPS) is 12.9. The van der Waals surface area contributed by atoms with E-state index in [-0.39, 0.29) is 22.6 Å². The Hall–Kier alpha value is -2.35. The van der Waals surface area contributed by atoms with Gasteiger partial charge in [-0.2, -0.15) is 0 Å². The molecule has 130 valence electrons. The first kappa shape index (κ1) is 17.5. The summed E-state index contributed by atoms with van der Waals surface area (Å²) in [5.41, 5.74) is 1.31. The number of nitrogens with one attached hydrogen (secondary N) is 1. The maximum atomic E-state index is 12.4. The molecular formula is C17H15ClN2O4S. The van der Waals surface area contributed by atoms with Crippen LogP contribution in [0.1, 0.15) is 29.1 Å². The van der Waals surface area contributed by atoms with Crippen LogP contribution in [-0.4, -0.2) is 14.3 Å². The first-order valence-corrected chi connectivity index (χ1v) is 9.29. The third-order valence-corrected chi connectivity index (χ3v) is 4.92. The largest absolute Gasteiger partial charge is 0.451 e. The van der Waals surface area contributed by atoms with E-state index >= 15 is 0 Å². The van der Waals surface area contributed by atoms with E-state index in [0.717, 1.165) is 10.9 Å². The summed E-state index contributed by atoms with van der Waals surface area (Å²) in [7, 11) is -3.74. The van der Waals surface area contributed by atoms with Crippen LogP contribution in [0.4, 0.5) is 0 Å². The minimum atomic E-state index is -3.74. The lowest BCUT2D eigenvalue weighted by molar-refractivity contribution is 0.0914. The zero-order valence-corrected chi connectivity index (χ0v) is 14.8. The number of hydrogen-bond donors (Lipinski definition) is 2. The van der Waals surface area contributed by atoms with Crippen molar-refractivity contribution < 1.29 is 17.6 Å². The lowest BCUT2D eigenvalue weighted by Gasteiger charge is -2.13. The number of furan rings is 1. The van der Waals surface area contributed by atoms with Crippen LogP contribution in [0.25, 0.3) is 11.0 Å². The van der Waals surface area contributed by atoms with Crippen LogP contribution in [0.3, 0.4) is 0 Å². The standard InChI is InChI=1S/C17H15ClN2O4S/c1-10(11-2-5-14(6-3-11)25(19,22)23)20-17(21)16-9-12-8-13(18)4-7-15(12)24-16/h2-10H,1H3,(H,20,21)(H2,19,22,23). The van der Waals surface area contributed by atoms with E-state index < -0.39 is 10.0 Å². The van der Waals surface area contributed by atoms with Gasteiger partial charge in [0.05, 0.1) is 10.9 Å². The number of hydrogen-bond acceptors (Lipinski definition) is 4. The summed E-state index contributed by atoms with van der Waals surface area (Å²) in [5, 5.41) is 9.17. The molecule has 0 fully saturated rings. The quantitative estimate of drug-likeness (QED) is 0.727. The number of amides is 1. The number of benzene rings is 2. The molecule has 3 rings (SSSR count). The van der Waals surface area contributed by atoms with Crippen LogP contribution in [0.2, 0.25) is 5.02 Å². The third-order valence-electron chi connectivity index (χ3n) is 3.76. The fraction of sp³-hybridized carbons (Fsp3) is 0.118. The highest BCUT2D eigenvalue weighted by Gasteiger charge is 2.16. The van der Waals surface area contributed by atoms with Crippen LogP contribution in [-0.2, 0) is 10.0 Å². The molecule has 0 bridgehead atoms. The maximum Gasteiger partial charge on any atom is 0.287 e. The Morgan fingerprint density at radius 1 is 1.16 bits per heavy atom.